The molecule has 1 aromatic carbocycles. The number of hydrogen-bond donors (Lipinski definition) is 1. The smallest absolute Gasteiger partial charge is 0.330 e. The third-order valence-electron chi connectivity index (χ3n) is 2.32. The van der Waals surface area contributed by atoms with Gasteiger partial charge in [-0.25, -0.2) is 8.78 Å². The number of benzene rings is 1. The summed E-state index contributed by atoms with van der Waals surface area (Å²) in [6, 6.07) is 7.44. The molecule has 2 nitrogen and oxygen atoms in total. The normalized spacial score (nSPS) is 11.9. The first-order valence-corrected chi connectivity index (χ1v) is 5.46. The van der Waals surface area contributed by atoms with E-state index in [-0.39, 0.29) is 13.2 Å². The third kappa shape index (κ3) is 4.52. The third-order valence-corrected chi connectivity index (χ3v) is 2.32. The van der Waals surface area contributed by atoms with Gasteiger partial charge in [0.2, 0.25) is 0 Å². The molecular weight excluding hydrogens is 250 g/mol. The van der Waals surface area contributed by atoms with E-state index in [0.717, 1.165) is 11.3 Å². The molecule has 0 aliphatic carbocycles. The van der Waals surface area contributed by atoms with Crippen molar-refractivity contribution in [3.8, 4) is 0 Å². The van der Waals surface area contributed by atoms with Crippen LogP contribution in [0.15, 0.2) is 24.3 Å². The lowest BCUT2D eigenvalue weighted by Gasteiger charge is -2.15. The van der Waals surface area contributed by atoms with Gasteiger partial charge in [-0.15, -0.1) is 0 Å². The quantitative estimate of drug-likeness (QED) is 0.603. The molecule has 0 atom stereocenters. The van der Waals surface area contributed by atoms with Crippen molar-refractivity contribution < 1.29 is 22.3 Å². The van der Waals surface area contributed by atoms with Gasteiger partial charge in [0.25, 0.3) is 0 Å². The molecule has 0 spiro atoms. The standard InChI is InChI=1S/C12H15F4NO/c1-9-4-2-3-5-10(9)17-6-7-18-8-12(15,16)11(13)14/h2-5,11,17H,6-8H2,1H3. The lowest BCUT2D eigenvalue weighted by atomic mass is 10.2. The van der Waals surface area contributed by atoms with Gasteiger partial charge in [-0.2, -0.15) is 8.78 Å². The predicted octanol–water partition coefficient (Wildman–Crippen LogP) is 3.32. The molecule has 0 radical (unpaired) electrons. The molecule has 0 saturated heterocycles. The van der Waals surface area contributed by atoms with E-state index in [1.807, 2.05) is 31.2 Å². The van der Waals surface area contributed by atoms with E-state index in [4.69, 9.17) is 0 Å². The van der Waals surface area contributed by atoms with E-state index >= 15 is 0 Å². The molecule has 0 saturated carbocycles. The Bertz CT molecular complexity index is 371. The van der Waals surface area contributed by atoms with Gasteiger partial charge in [-0.05, 0) is 18.6 Å². The fraction of sp³-hybridized carbons (Fsp3) is 0.500. The van der Waals surface area contributed by atoms with Crippen molar-refractivity contribution in [1.82, 2.24) is 0 Å². The first-order chi connectivity index (χ1) is 8.43. The number of alkyl halides is 4. The number of anilines is 1. The Kier molecular flexibility index (Phi) is 5.40. The van der Waals surface area contributed by atoms with Gasteiger partial charge in [-0.1, -0.05) is 18.2 Å². The molecular formula is C12H15F4NO. The van der Waals surface area contributed by atoms with Crippen molar-refractivity contribution >= 4 is 5.69 Å². The van der Waals surface area contributed by atoms with Crippen LogP contribution in [0.25, 0.3) is 0 Å². The SMILES string of the molecule is Cc1ccccc1NCCOCC(F)(F)C(F)F. The number of ether oxygens (including phenoxy) is 1. The van der Waals surface area contributed by atoms with Gasteiger partial charge in [-0.3, -0.25) is 0 Å². The zero-order valence-corrected chi connectivity index (χ0v) is 9.93. The Morgan fingerprint density at radius 2 is 1.94 bits per heavy atom. The Morgan fingerprint density at radius 3 is 2.56 bits per heavy atom. The molecule has 0 bridgehead atoms. The van der Waals surface area contributed by atoms with Crippen molar-refractivity contribution in [3.05, 3.63) is 29.8 Å². The van der Waals surface area contributed by atoms with Crippen LogP contribution in [-0.2, 0) is 4.74 Å². The van der Waals surface area contributed by atoms with E-state index in [1.54, 1.807) is 0 Å². The number of hydrogen-bond acceptors (Lipinski definition) is 2. The summed E-state index contributed by atoms with van der Waals surface area (Å²) in [7, 11) is 0. The topological polar surface area (TPSA) is 21.3 Å². The average Bonchev–Trinajstić information content (AvgIpc) is 2.30. The monoisotopic (exact) mass is 265 g/mol. The number of halogens is 4. The molecule has 1 N–H and O–H groups in total. The van der Waals surface area contributed by atoms with Crippen LogP contribution >= 0.6 is 0 Å². The highest BCUT2D eigenvalue weighted by Crippen LogP contribution is 2.22. The van der Waals surface area contributed by atoms with Crippen LogP contribution in [0.1, 0.15) is 5.56 Å². The largest absolute Gasteiger partial charge is 0.383 e. The molecule has 0 unspecified atom stereocenters. The lowest BCUT2D eigenvalue weighted by molar-refractivity contribution is -0.164. The first-order valence-electron chi connectivity index (χ1n) is 5.46. The summed E-state index contributed by atoms with van der Waals surface area (Å²) in [5.74, 6) is -4.08. The summed E-state index contributed by atoms with van der Waals surface area (Å²) in [5.41, 5.74) is 1.87. The molecule has 102 valence electrons. The van der Waals surface area contributed by atoms with Crippen molar-refractivity contribution in [2.45, 2.75) is 19.3 Å². The second-order valence-electron chi connectivity index (χ2n) is 3.86. The fourth-order valence-corrected chi connectivity index (χ4v) is 1.30. The van der Waals surface area contributed by atoms with Crippen LogP contribution in [0.5, 0.6) is 0 Å². The molecule has 0 aromatic heterocycles. The zero-order valence-electron chi connectivity index (χ0n) is 9.93. The van der Waals surface area contributed by atoms with Crippen molar-refractivity contribution in [3.63, 3.8) is 0 Å². The highest BCUT2D eigenvalue weighted by atomic mass is 19.3. The molecule has 0 aliphatic heterocycles. The minimum atomic E-state index is -4.08. The maximum absolute atomic E-state index is 12.5. The van der Waals surface area contributed by atoms with E-state index in [2.05, 4.69) is 10.1 Å². The van der Waals surface area contributed by atoms with Crippen LogP contribution in [-0.4, -0.2) is 32.1 Å². The summed E-state index contributed by atoms with van der Waals surface area (Å²) in [5, 5.41) is 2.97. The second-order valence-corrected chi connectivity index (χ2v) is 3.86. The number of aryl methyl sites for hydroxylation is 1. The van der Waals surface area contributed by atoms with Gasteiger partial charge < -0.3 is 10.1 Å². The van der Waals surface area contributed by atoms with E-state index < -0.39 is 19.0 Å². The molecule has 0 heterocycles. The maximum Gasteiger partial charge on any atom is 0.330 e. The van der Waals surface area contributed by atoms with Crippen molar-refractivity contribution in [2.24, 2.45) is 0 Å². The van der Waals surface area contributed by atoms with E-state index in [9.17, 15) is 17.6 Å². The molecule has 1 rings (SSSR count). The van der Waals surface area contributed by atoms with Crippen molar-refractivity contribution in [1.29, 1.82) is 0 Å². The summed E-state index contributed by atoms with van der Waals surface area (Å²) in [6.07, 6.45) is -3.69. The Balaban J connectivity index is 2.22. The molecule has 18 heavy (non-hydrogen) atoms. The summed E-state index contributed by atoms with van der Waals surface area (Å²) in [6.45, 7) is 0.856. The minimum absolute atomic E-state index is 0.0589. The maximum atomic E-state index is 12.5. The van der Waals surface area contributed by atoms with E-state index in [0.29, 0.717) is 0 Å². The van der Waals surface area contributed by atoms with Crippen LogP contribution in [0.2, 0.25) is 0 Å². The Hall–Kier alpha value is -1.30. The molecule has 0 fully saturated rings. The molecule has 0 amide bonds. The predicted molar refractivity (Wildman–Crippen MR) is 61.4 cm³/mol. The van der Waals surface area contributed by atoms with Crippen molar-refractivity contribution in [2.75, 3.05) is 25.1 Å². The van der Waals surface area contributed by atoms with Crippen LogP contribution in [0.3, 0.4) is 0 Å². The van der Waals surface area contributed by atoms with Gasteiger partial charge >= 0.3 is 12.3 Å². The summed E-state index contributed by atoms with van der Waals surface area (Å²) in [4.78, 5) is 0. The zero-order chi connectivity index (χ0) is 13.6. The van der Waals surface area contributed by atoms with Crippen LogP contribution < -0.4 is 5.32 Å². The molecule has 0 aliphatic rings. The van der Waals surface area contributed by atoms with Crippen LogP contribution in [0.4, 0.5) is 23.2 Å². The molecule has 6 heteroatoms. The Morgan fingerprint density at radius 1 is 1.28 bits per heavy atom. The number of nitrogens with one attached hydrogen (secondary N) is 1. The number of para-hydroxylation sites is 1. The highest BCUT2D eigenvalue weighted by molar-refractivity contribution is 5.50. The second kappa shape index (κ2) is 6.58. The van der Waals surface area contributed by atoms with Crippen LogP contribution in [0, 0.1) is 6.92 Å². The average molecular weight is 265 g/mol. The Labute approximate surface area is 103 Å². The summed E-state index contributed by atoms with van der Waals surface area (Å²) < 4.78 is 53.0. The van der Waals surface area contributed by atoms with Gasteiger partial charge in [0.05, 0.1) is 6.61 Å². The minimum Gasteiger partial charge on any atom is -0.383 e. The van der Waals surface area contributed by atoms with Gasteiger partial charge in [0.15, 0.2) is 0 Å². The lowest BCUT2D eigenvalue weighted by Crippen LogP contribution is -2.33. The van der Waals surface area contributed by atoms with E-state index in [1.165, 1.54) is 0 Å². The van der Waals surface area contributed by atoms with Gasteiger partial charge in [0, 0.05) is 12.2 Å². The summed E-state index contributed by atoms with van der Waals surface area (Å²) >= 11 is 0. The number of rotatable bonds is 7. The first kappa shape index (κ1) is 14.8. The fourth-order valence-electron chi connectivity index (χ4n) is 1.30. The molecule has 1 aromatic rings. The van der Waals surface area contributed by atoms with Gasteiger partial charge in [0.1, 0.15) is 6.61 Å². The highest BCUT2D eigenvalue weighted by Gasteiger charge is 2.40.